The Morgan fingerprint density at radius 3 is 2.73 bits per heavy atom. The molecule has 2 atom stereocenters. The molecule has 1 fully saturated rings. The molecule has 1 aliphatic heterocycles. The Kier molecular flexibility index (Phi) is 4.81. The second-order valence-electron chi connectivity index (χ2n) is 5.54. The maximum atomic E-state index is 12.7. The number of pyridine rings is 1. The number of anilines is 1. The lowest BCUT2D eigenvalue weighted by Gasteiger charge is -2.20. The zero-order valence-corrected chi connectivity index (χ0v) is 12.4. The van der Waals surface area contributed by atoms with Crippen LogP contribution in [0.2, 0.25) is 0 Å². The van der Waals surface area contributed by atoms with Gasteiger partial charge in [-0.25, -0.2) is 4.98 Å². The molecule has 1 amide bonds. The van der Waals surface area contributed by atoms with Crippen molar-refractivity contribution in [1.29, 1.82) is 0 Å². The van der Waals surface area contributed by atoms with E-state index in [1.165, 1.54) is 0 Å². The lowest BCUT2D eigenvalue weighted by atomic mass is 9.91. The fraction of sp³-hybridized carbons (Fsp3) is 0.333. The molecular weight excluding hydrogens is 276 g/mol. The van der Waals surface area contributed by atoms with E-state index in [-0.39, 0.29) is 17.9 Å². The average molecular weight is 296 g/mol. The number of carbonyl (C=O) groups is 1. The van der Waals surface area contributed by atoms with E-state index in [2.05, 4.69) is 10.3 Å². The summed E-state index contributed by atoms with van der Waals surface area (Å²) >= 11 is 0. The molecule has 0 radical (unpaired) electrons. The molecule has 22 heavy (non-hydrogen) atoms. The molecule has 0 saturated carbocycles. The normalized spacial score (nSPS) is 18.8. The summed E-state index contributed by atoms with van der Waals surface area (Å²) < 4.78 is 5.71. The van der Waals surface area contributed by atoms with Crippen molar-refractivity contribution in [1.82, 2.24) is 4.98 Å². The molecule has 114 valence electrons. The number of hydrogen-bond donors (Lipinski definition) is 1. The molecular formula is C18H20N2O2. The summed E-state index contributed by atoms with van der Waals surface area (Å²) in [6.07, 6.45) is 4.66. The van der Waals surface area contributed by atoms with Gasteiger partial charge in [0.05, 0.1) is 12.0 Å². The summed E-state index contributed by atoms with van der Waals surface area (Å²) in [5.74, 6) is 0.340. The smallest absolute Gasteiger partial charge is 0.233 e. The van der Waals surface area contributed by atoms with Gasteiger partial charge in [-0.3, -0.25) is 4.79 Å². The second kappa shape index (κ2) is 7.18. The monoisotopic (exact) mass is 296 g/mol. The lowest BCUT2D eigenvalue weighted by molar-refractivity contribution is -0.118. The van der Waals surface area contributed by atoms with Crippen LogP contribution in [-0.4, -0.2) is 23.6 Å². The zero-order valence-electron chi connectivity index (χ0n) is 12.4. The van der Waals surface area contributed by atoms with Crippen molar-refractivity contribution in [2.24, 2.45) is 0 Å². The van der Waals surface area contributed by atoms with Gasteiger partial charge in [-0.15, -0.1) is 0 Å². The first kappa shape index (κ1) is 14.7. The average Bonchev–Trinajstić information content (AvgIpc) is 3.07. The van der Waals surface area contributed by atoms with Crippen molar-refractivity contribution in [2.75, 3.05) is 11.9 Å². The van der Waals surface area contributed by atoms with Crippen LogP contribution in [0.3, 0.4) is 0 Å². The van der Waals surface area contributed by atoms with E-state index in [1.807, 2.05) is 42.5 Å². The van der Waals surface area contributed by atoms with Gasteiger partial charge < -0.3 is 10.1 Å². The maximum Gasteiger partial charge on any atom is 0.233 e. The van der Waals surface area contributed by atoms with Gasteiger partial charge in [-0.2, -0.15) is 0 Å². The van der Waals surface area contributed by atoms with Crippen molar-refractivity contribution in [3.05, 3.63) is 60.3 Å². The van der Waals surface area contributed by atoms with Crippen LogP contribution in [0.1, 0.15) is 30.7 Å². The third-order valence-corrected chi connectivity index (χ3v) is 3.96. The van der Waals surface area contributed by atoms with Crippen LogP contribution >= 0.6 is 0 Å². The van der Waals surface area contributed by atoms with E-state index >= 15 is 0 Å². The van der Waals surface area contributed by atoms with Gasteiger partial charge in [0, 0.05) is 12.8 Å². The Labute approximate surface area is 130 Å². The van der Waals surface area contributed by atoms with Crippen LogP contribution in [0.25, 0.3) is 0 Å². The third kappa shape index (κ3) is 3.71. The summed E-state index contributed by atoms with van der Waals surface area (Å²) in [4.78, 5) is 16.9. The minimum atomic E-state index is -0.216. The predicted octanol–water partition coefficient (Wildman–Crippen LogP) is 3.37. The highest BCUT2D eigenvalue weighted by molar-refractivity contribution is 5.95. The topological polar surface area (TPSA) is 51.2 Å². The Hall–Kier alpha value is -2.20. The minimum absolute atomic E-state index is 0.0274. The largest absolute Gasteiger partial charge is 0.378 e. The van der Waals surface area contributed by atoms with Crippen LogP contribution in [0.4, 0.5) is 5.82 Å². The Morgan fingerprint density at radius 1 is 1.23 bits per heavy atom. The molecule has 2 aromatic rings. The molecule has 0 aliphatic carbocycles. The van der Waals surface area contributed by atoms with Gasteiger partial charge in [0.25, 0.3) is 0 Å². The van der Waals surface area contributed by atoms with Crippen LogP contribution in [0.5, 0.6) is 0 Å². The Bertz CT molecular complexity index is 595. The standard InChI is InChI=1S/C18H20N2O2/c21-18(20-17-10-4-5-11-19-17)16(13-15-9-6-12-22-15)14-7-2-1-3-8-14/h1-5,7-8,10-11,15-16H,6,9,12-13H2,(H,19,20,21). The molecule has 0 bridgehead atoms. The van der Waals surface area contributed by atoms with Gasteiger partial charge in [-0.1, -0.05) is 36.4 Å². The van der Waals surface area contributed by atoms with E-state index in [0.717, 1.165) is 25.0 Å². The number of hydrogen-bond acceptors (Lipinski definition) is 3. The molecule has 1 aromatic carbocycles. The fourth-order valence-corrected chi connectivity index (χ4v) is 2.82. The highest BCUT2D eigenvalue weighted by Crippen LogP contribution is 2.28. The van der Waals surface area contributed by atoms with Crippen molar-refractivity contribution in [3.63, 3.8) is 0 Å². The van der Waals surface area contributed by atoms with Crippen molar-refractivity contribution >= 4 is 11.7 Å². The zero-order chi connectivity index (χ0) is 15.2. The van der Waals surface area contributed by atoms with Crippen LogP contribution in [0.15, 0.2) is 54.7 Å². The second-order valence-corrected chi connectivity index (χ2v) is 5.54. The lowest BCUT2D eigenvalue weighted by Crippen LogP contribution is -2.25. The molecule has 2 unspecified atom stereocenters. The van der Waals surface area contributed by atoms with E-state index in [1.54, 1.807) is 12.3 Å². The number of nitrogens with zero attached hydrogens (tertiary/aromatic N) is 1. The molecule has 2 heterocycles. The van der Waals surface area contributed by atoms with Gasteiger partial charge >= 0.3 is 0 Å². The first-order valence-corrected chi connectivity index (χ1v) is 7.71. The number of rotatable bonds is 5. The van der Waals surface area contributed by atoms with Crippen molar-refractivity contribution in [2.45, 2.75) is 31.3 Å². The molecule has 1 saturated heterocycles. The van der Waals surface area contributed by atoms with E-state index < -0.39 is 0 Å². The number of carbonyl (C=O) groups excluding carboxylic acids is 1. The van der Waals surface area contributed by atoms with E-state index in [0.29, 0.717) is 12.2 Å². The highest BCUT2D eigenvalue weighted by atomic mass is 16.5. The van der Waals surface area contributed by atoms with Crippen LogP contribution in [0, 0.1) is 0 Å². The quantitative estimate of drug-likeness (QED) is 0.920. The molecule has 1 aliphatic rings. The van der Waals surface area contributed by atoms with Crippen molar-refractivity contribution < 1.29 is 9.53 Å². The Morgan fingerprint density at radius 2 is 2.05 bits per heavy atom. The summed E-state index contributed by atoms with van der Waals surface area (Å²) in [7, 11) is 0. The first-order valence-electron chi connectivity index (χ1n) is 7.71. The van der Waals surface area contributed by atoms with Crippen LogP contribution < -0.4 is 5.32 Å². The van der Waals surface area contributed by atoms with Crippen LogP contribution in [-0.2, 0) is 9.53 Å². The number of benzene rings is 1. The number of ether oxygens (including phenoxy) is 1. The third-order valence-electron chi connectivity index (χ3n) is 3.96. The van der Waals surface area contributed by atoms with Gasteiger partial charge in [-0.05, 0) is 37.0 Å². The number of nitrogens with one attached hydrogen (secondary N) is 1. The van der Waals surface area contributed by atoms with Gasteiger partial charge in [0.1, 0.15) is 5.82 Å². The molecule has 1 aromatic heterocycles. The highest BCUT2D eigenvalue weighted by Gasteiger charge is 2.27. The molecule has 3 rings (SSSR count). The van der Waals surface area contributed by atoms with Gasteiger partial charge in [0.2, 0.25) is 5.91 Å². The molecule has 0 spiro atoms. The maximum absolute atomic E-state index is 12.7. The summed E-state index contributed by atoms with van der Waals surface area (Å²) in [5, 5.41) is 2.91. The number of amides is 1. The van der Waals surface area contributed by atoms with E-state index in [4.69, 9.17) is 4.74 Å². The number of aromatic nitrogens is 1. The summed E-state index contributed by atoms with van der Waals surface area (Å²) in [6, 6.07) is 15.4. The minimum Gasteiger partial charge on any atom is -0.378 e. The fourth-order valence-electron chi connectivity index (χ4n) is 2.82. The summed E-state index contributed by atoms with van der Waals surface area (Å²) in [5.41, 5.74) is 1.02. The van der Waals surface area contributed by atoms with Gasteiger partial charge in [0.15, 0.2) is 0 Å². The SMILES string of the molecule is O=C(Nc1ccccn1)C(CC1CCCO1)c1ccccc1. The summed E-state index contributed by atoms with van der Waals surface area (Å²) in [6.45, 7) is 0.800. The molecule has 4 nitrogen and oxygen atoms in total. The molecule has 1 N–H and O–H groups in total. The Balaban J connectivity index is 1.76. The van der Waals surface area contributed by atoms with Crippen molar-refractivity contribution in [3.8, 4) is 0 Å². The molecule has 4 heteroatoms. The van der Waals surface area contributed by atoms with E-state index in [9.17, 15) is 4.79 Å². The predicted molar refractivity (Wildman–Crippen MR) is 85.6 cm³/mol. The first-order chi connectivity index (χ1) is 10.8.